The van der Waals surface area contributed by atoms with Gasteiger partial charge in [-0.15, -0.1) is 0 Å². The molecule has 3 rings (SSSR count). The molecule has 0 aromatic heterocycles. The molecule has 2 aromatic carbocycles. The Morgan fingerprint density at radius 3 is 2.59 bits per heavy atom. The lowest BCUT2D eigenvalue weighted by Gasteiger charge is -2.29. The zero-order valence-corrected chi connectivity index (χ0v) is 15.8. The number of anilines is 2. The molecule has 1 atom stereocenters. The second-order valence-corrected chi connectivity index (χ2v) is 6.86. The number of methoxy groups -OCH3 is 1. The Morgan fingerprint density at radius 1 is 1.11 bits per heavy atom. The van der Waals surface area contributed by atoms with E-state index in [4.69, 9.17) is 4.74 Å². The highest BCUT2D eigenvalue weighted by Gasteiger charge is 2.25. The quantitative estimate of drug-likeness (QED) is 0.803. The van der Waals surface area contributed by atoms with Crippen LogP contribution in [-0.2, 0) is 16.0 Å². The van der Waals surface area contributed by atoms with Gasteiger partial charge in [-0.2, -0.15) is 0 Å². The number of hydrogen-bond donors (Lipinski definition) is 2. The van der Waals surface area contributed by atoms with E-state index in [0.29, 0.717) is 5.69 Å². The van der Waals surface area contributed by atoms with Crippen molar-refractivity contribution in [1.82, 2.24) is 0 Å². The molecule has 0 saturated heterocycles. The molecule has 0 bridgehead atoms. The van der Waals surface area contributed by atoms with Crippen LogP contribution in [0.3, 0.4) is 0 Å². The van der Waals surface area contributed by atoms with E-state index in [0.717, 1.165) is 35.7 Å². The number of nitrogens with one attached hydrogen (secondary N) is 2. The third-order valence-electron chi connectivity index (χ3n) is 4.70. The predicted octanol–water partition coefficient (Wildman–Crippen LogP) is 1.13. The lowest BCUT2D eigenvalue weighted by Crippen LogP contribution is -3.11. The first-order valence-electron chi connectivity index (χ1n) is 9.20. The first kappa shape index (κ1) is 18.9. The largest absolute Gasteiger partial charge is 0.497 e. The number of likely N-dealkylation sites (N-methyl/N-ethyl adjacent to an activating group) is 1. The molecule has 1 unspecified atom stereocenters. The van der Waals surface area contributed by atoms with Crippen molar-refractivity contribution in [2.75, 3.05) is 44.0 Å². The minimum Gasteiger partial charge on any atom is -0.497 e. The maximum absolute atomic E-state index is 12.7. The van der Waals surface area contributed by atoms with Crippen LogP contribution in [-0.4, -0.2) is 45.6 Å². The Labute approximate surface area is 159 Å². The first-order chi connectivity index (χ1) is 13.1. The summed E-state index contributed by atoms with van der Waals surface area (Å²) in [5.74, 6) is 0.671. The fraction of sp³-hybridized carbons (Fsp3) is 0.333. The molecular formula is C21H26N3O3+. The number of quaternary nitrogens is 1. The lowest BCUT2D eigenvalue weighted by atomic mass is 10.0. The van der Waals surface area contributed by atoms with Crippen molar-refractivity contribution in [2.24, 2.45) is 0 Å². The van der Waals surface area contributed by atoms with Crippen molar-refractivity contribution in [2.45, 2.75) is 12.8 Å². The standard InChI is InChI=1S/C21H25N3O3/c1-23(14-20(25)22-17-9-11-18(27-2)12-10-17)15-21(26)24-13-5-7-16-6-3-4-8-19(16)24/h3-4,6,8-12H,5,7,13-15H2,1-2H3,(H,22,25)/p+1. The number of carbonyl (C=O) groups excluding carboxylic acids is 2. The number of ether oxygens (including phenoxy) is 1. The molecule has 1 heterocycles. The van der Waals surface area contributed by atoms with Gasteiger partial charge in [0.05, 0.1) is 14.2 Å². The molecule has 142 valence electrons. The third-order valence-corrected chi connectivity index (χ3v) is 4.70. The lowest BCUT2D eigenvalue weighted by molar-refractivity contribution is -0.862. The second-order valence-electron chi connectivity index (χ2n) is 6.86. The number of rotatable bonds is 6. The monoisotopic (exact) mass is 368 g/mol. The van der Waals surface area contributed by atoms with Gasteiger partial charge in [0.15, 0.2) is 13.1 Å². The summed E-state index contributed by atoms with van der Waals surface area (Å²) >= 11 is 0. The molecule has 2 amide bonds. The van der Waals surface area contributed by atoms with Gasteiger partial charge in [-0.05, 0) is 48.7 Å². The Balaban J connectivity index is 1.53. The Kier molecular flexibility index (Phi) is 6.08. The van der Waals surface area contributed by atoms with Crippen LogP contribution < -0.4 is 19.9 Å². The van der Waals surface area contributed by atoms with Crippen LogP contribution in [0.25, 0.3) is 0 Å². The van der Waals surface area contributed by atoms with Crippen molar-refractivity contribution in [3.8, 4) is 5.75 Å². The Bertz CT molecular complexity index is 805. The Morgan fingerprint density at radius 2 is 1.85 bits per heavy atom. The van der Waals surface area contributed by atoms with Crippen molar-refractivity contribution < 1.29 is 19.2 Å². The molecule has 2 aromatic rings. The zero-order chi connectivity index (χ0) is 19.2. The van der Waals surface area contributed by atoms with Crippen LogP contribution in [0.5, 0.6) is 5.75 Å². The molecule has 0 radical (unpaired) electrons. The second kappa shape index (κ2) is 8.68. The molecule has 0 fully saturated rings. The van der Waals surface area contributed by atoms with Gasteiger partial charge >= 0.3 is 0 Å². The number of amides is 2. The number of benzene rings is 2. The highest BCUT2D eigenvalue weighted by Crippen LogP contribution is 2.26. The molecule has 0 spiro atoms. The van der Waals surface area contributed by atoms with Gasteiger partial charge in [0, 0.05) is 17.9 Å². The summed E-state index contributed by atoms with van der Waals surface area (Å²) in [6.45, 7) is 1.25. The fourth-order valence-corrected chi connectivity index (χ4v) is 3.36. The number of nitrogens with zero attached hydrogens (tertiary/aromatic N) is 1. The van der Waals surface area contributed by atoms with Gasteiger partial charge in [-0.25, -0.2) is 0 Å². The molecule has 0 aliphatic carbocycles. The average molecular weight is 368 g/mol. The number of carbonyl (C=O) groups is 2. The van der Waals surface area contributed by atoms with E-state index in [9.17, 15) is 9.59 Å². The predicted molar refractivity (Wildman–Crippen MR) is 105 cm³/mol. The van der Waals surface area contributed by atoms with E-state index in [2.05, 4.69) is 11.4 Å². The van der Waals surface area contributed by atoms with E-state index in [1.54, 1.807) is 31.4 Å². The summed E-state index contributed by atoms with van der Waals surface area (Å²) in [5.41, 5.74) is 2.93. The maximum Gasteiger partial charge on any atom is 0.282 e. The van der Waals surface area contributed by atoms with Crippen molar-refractivity contribution in [3.63, 3.8) is 0 Å². The van der Waals surface area contributed by atoms with E-state index >= 15 is 0 Å². The van der Waals surface area contributed by atoms with Crippen LogP contribution >= 0.6 is 0 Å². The number of para-hydroxylation sites is 1. The van der Waals surface area contributed by atoms with Crippen molar-refractivity contribution in [3.05, 3.63) is 54.1 Å². The van der Waals surface area contributed by atoms with Crippen LogP contribution in [0.1, 0.15) is 12.0 Å². The maximum atomic E-state index is 12.7. The summed E-state index contributed by atoms with van der Waals surface area (Å²) in [4.78, 5) is 27.7. The van der Waals surface area contributed by atoms with Gasteiger partial charge in [0.25, 0.3) is 11.8 Å². The molecule has 6 heteroatoms. The first-order valence-corrected chi connectivity index (χ1v) is 9.20. The molecule has 27 heavy (non-hydrogen) atoms. The van der Waals surface area contributed by atoms with Crippen LogP contribution in [0.2, 0.25) is 0 Å². The summed E-state index contributed by atoms with van der Waals surface area (Å²) in [5, 5.41) is 2.85. The number of fused-ring (bicyclic) bond motifs is 1. The highest BCUT2D eigenvalue weighted by atomic mass is 16.5. The van der Waals surface area contributed by atoms with Gasteiger partial charge in [-0.1, -0.05) is 18.2 Å². The van der Waals surface area contributed by atoms with E-state index in [1.807, 2.05) is 30.1 Å². The van der Waals surface area contributed by atoms with E-state index in [-0.39, 0.29) is 24.9 Å². The van der Waals surface area contributed by atoms with Crippen molar-refractivity contribution in [1.29, 1.82) is 0 Å². The van der Waals surface area contributed by atoms with Gasteiger partial charge in [-0.3, -0.25) is 9.59 Å². The van der Waals surface area contributed by atoms with Gasteiger partial charge in [0.1, 0.15) is 5.75 Å². The van der Waals surface area contributed by atoms with E-state index in [1.165, 1.54) is 5.56 Å². The van der Waals surface area contributed by atoms with Crippen LogP contribution in [0, 0.1) is 0 Å². The minimum atomic E-state index is -0.121. The summed E-state index contributed by atoms with van der Waals surface area (Å²) in [6.07, 6.45) is 1.98. The summed E-state index contributed by atoms with van der Waals surface area (Å²) < 4.78 is 5.11. The Hall–Kier alpha value is -2.86. The molecule has 1 aliphatic heterocycles. The average Bonchev–Trinajstić information content (AvgIpc) is 2.67. The zero-order valence-electron chi connectivity index (χ0n) is 15.8. The molecule has 1 aliphatic rings. The summed E-state index contributed by atoms with van der Waals surface area (Å²) in [7, 11) is 3.46. The molecule has 2 N–H and O–H groups in total. The summed E-state index contributed by atoms with van der Waals surface area (Å²) in [6, 6.07) is 15.2. The molecular weight excluding hydrogens is 342 g/mol. The molecule has 6 nitrogen and oxygen atoms in total. The topological polar surface area (TPSA) is 63.1 Å². The van der Waals surface area contributed by atoms with E-state index < -0.39 is 0 Å². The van der Waals surface area contributed by atoms with Gasteiger partial charge < -0.3 is 19.9 Å². The molecule has 0 saturated carbocycles. The third kappa shape index (κ3) is 4.86. The van der Waals surface area contributed by atoms with Crippen molar-refractivity contribution >= 4 is 23.2 Å². The number of hydrogen-bond acceptors (Lipinski definition) is 3. The SMILES string of the molecule is COc1ccc(NC(=O)C[NH+](C)CC(=O)N2CCCc3ccccc32)cc1. The smallest absolute Gasteiger partial charge is 0.282 e. The normalized spacial score (nSPS) is 14.2. The minimum absolute atomic E-state index is 0.0527. The fourth-order valence-electron chi connectivity index (χ4n) is 3.36. The van der Waals surface area contributed by atoms with Gasteiger partial charge in [0.2, 0.25) is 0 Å². The van der Waals surface area contributed by atoms with Crippen LogP contribution in [0.15, 0.2) is 48.5 Å². The highest BCUT2D eigenvalue weighted by molar-refractivity contribution is 5.95. The number of aryl methyl sites for hydroxylation is 1. The van der Waals surface area contributed by atoms with Crippen LogP contribution in [0.4, 0.5) is 11.4 Å².